The van der Waals surface area contributed by atoms with E-state index in [0.717, 1.165) is 16.0 Å². The maximum atomic E-state index is 11.0. The predicted octanol–water partition coefficient (Wildman–Crippen LogP) is 6.05. The average molecular weight is 452 g/mol. The van der Waals surface area contributed by atoms with E-state index in [9.17, 15) is 10.2 Å². The predicted molar refractivity (Wildman–Crippen MR) is 131 cm³/mol. The summed E-state index contributed by atoms with van der Waals surface area (Å²) in [5.41, 5.74) is 3.93. The number of hydrogen-bond acceptors (Lipinski definition) is 5. The van der Waals surface area contributed by atoms with Gasteiger partial charge in [0.25, 0.3) is 0 Å². The molecule has 162 valence electrons. The van der Waals surface area contributed by atoms with Gasteiger partial charge in [0.1, 0.15) is 16.5 Å². The van der Waals surface area contributed by atoms with Crippen molar-refractivity contribution >= 4 is 29.6 Å². The Kier molecular flexibility index (Phi) is 5.83. The summed E-state index contributed by atoms with van der Waals surface area (Å²) in [4.78, 5) is 10.6. The van der Waals surface area contributed by atoms with Crippen molar-refractivity contribution in [2.45, 2.75) is 16.3 Å². The number of aromatic nitrogens is 3. The van der Waals surface area contributed by atoms with E-state index in [1.807, 2.05) is 84.9 Å². The number of fused-ring (bicyclic) bond motifs is 1. The van der Waals surface area contributed by atoms with Crippen molar-refractivity contribution in [3.63, 3.8) is 0 Å². The molecule has 0 spiro atoms. The molecule has 0 aliphatic rings. The van der Waals surface area contributed by atoms with Crippen molar-refractivity contribution in [3.8, 4) is 11.6 Å². The number of benzene rings is 3. The number of phenolic OH excluding ortho intramolecular Hbond substituents is 1. The van der Waals surface area contributed by atoms with Crippen LogP contribution < -0.4 is 0 Å². The van der Waals surface area contributed by atoms with Crippen molar-refractivity contribution in [2.24, 2.45) is 0 Å². The molecule has 0 atom stereocenters. The van der Waals surface area contributed by atoms with Crippen molar-refractivity contribution in [3.05, 3.63) is 114 Å². The van der Waals surface area contributed by atoms with Crippen LogP contribution in [0.3, 0.4) is 0 Å². The smallest absolute Gasteiger partial charge is 0.219 e. The van der Waals surface area contributed by atoms with E-state index in [0.29, 0.717) is 28.5 Å². The van der Waals surface area contributed by atoms with Gasteiger partial charge in [-0.05, 0) is 41.5 Å². The highest BCUT2D eigenvalue weighted by Crippen LogP contribution is 2.33. The first-order valence-corrected chi connectivity index (χ1v) is 11.3. The SMILES string of the molecule is Oc1ccc(/C=C/c2cn3c(O)c(Cc4ccccc4)nc3c(Sc3ccccc3)n2)cc1. The van der Waals surface area contributed by atoms with E-state index in [4.69, 9.17) is 9.97 Å². The van der Waals surface area contributed by atoms with Gasteiger partial charge in [0.15, 0.2) is 5.65 Å². The monoisotopic (exact) mass is 451 g/mol. The topological polar surface area (TPSA) is 70.7 Å². The van der Waals surface area contributed by atoms with Crippen molar-refractivity contribution in [2.75, 3.05) is 0 Å². The fourth-order valence-corrected chi connectivity index (χ4v) is 4.40. The third-order valence-electron chi connectivity index (χ3n) is 5.15. The van der Waals surface area contributed by atoms with Gasteiger partial charge in [-0.15, -0.1) is 0 Å². The second-order valence-corrected chi connectivity index (χ2v) is 8.61. The van der Waals surface area contributed by atoms with E-state index < -0.39 is 0 Å². The molecule has 2 aromatic heterocycles. The lowest BCUT2D eigenvalue weighted by molar-refractivity contribution is 0.442. The van der Waals surface area contributed by atoms with Crippen LogP contribution in [0.5, 0.6) is 11.6 Å². The molecule has 33 heavy (non-hydrogen) atoms. The normalized spacial score (nSPS) is 11.4. The summed E-state index contributed by atoms with van der Waals surface area (Å²) in [6.45, 7) is 0. The van der Waals surface area contributed by atoms with Gasteiger partial charge in [0.05, 0.1) is 5.69 Å². The van der Waals surface area contributed by atoms with E-state index >= 15 is 0 Å². The van der Waals surface area contributed by atoms with Gasteiger partial charge in [-0.1, -0.05) is 78.5 Å². The van der Waals surface area contributed by atoms with Gasteiger partial charge in [-0.3, -0.25) is 4.40 Å². The minimum Gasteiger partial charge on any atom is -0.508 e. The standard InChI is InChI=1S/C27H21N3O2S/c31-22-15-12-19(13-16-22)11-14-21-18-30-25(26(28-21)33-23-9-5-2-6-10-23)29-24(27(30)32)17-20-7-3-1-4-8-20/h1-16,18,31-32H,17H2/b14-11+. The molecule has 5 aromatic rings. The molecule has 0 fully saturated rings. The lowest BCUT2D eigenvalue weighted by atomic mass is 10.1. The highest BCUT2D eigenvalue weighted by atomic mass is 32.2. The lowest BCUT2D eigenvalue weighted by Gasteiger charge is -2.05. The molecule has 3 aromatic carbocycles. The van der Waals surface area contributed by atoms with Gasteiger partial charge in [-0.25, -0.2) is 9.97 Å². The van der Waals surface area contributed by atoms with Crippen molar-refractivity contribution in [1.29, 1.82) is 0 Å². The molecule has 0 bridgehead atoms. The Morgan fingerprint density at radius 1 is 0.788 bits per heavy atom. The Balaban J connectivity index is 1.57. The molecule has 0 saturated heterocycles. The Hall–Kier alpha value is -4.03. The molecule has 0 amide bonds. The maximum absolute atomic E-state index is 11.0. The molecule has 5 nitrogen and oxygen atoms in total. The summed E-state index contributed by atoms with van der Waals surface area (Å²) in [5.74, 6) is 0.341. The summed E-state index contributed by atoms with van der Waals surface area (Å²) in [5, 5.41) is 21.2. The van der Waals surface area contributed by atoms with E-state index in [1.165, 1.54) is 11.8 Å². The first-order valence-electron chi connectivity index (χ1n) is 10.5. The molecule has 6 heteroatoms. The molecule has 2 heterocycles. The minimum atomic E-state index is 0.116. The van der Waals surface area contributed by atoms with E-state index in [1.54, 1.807) is 22.7 Å². The molecule has 0 unspecified atom stereocenters. The van der Waals surface area contributed by atoms with Crippen LogP contribution in [0.2, 0.25) is 0 Å². The highest BCUT2D eigenvalue weighted by molar-refractivity contribution is 7.99. The summed E-state index contributed by atoms with van der Waals surface area (Å²) in [7, 11) is 0. The molecule has 0 aliphatic carbocycles. The zero-order chi connectivity index (χ0) is 22.6. The Labute approximate surface area is 195 Å². The second-order valence-electron chi connectivity index (χ2n) is 7.55. The number of rotatable bonds is 6. The van der Waals surface area contributed by atoms with Crippen LogP contribution in [0.4, 0.5) is 0 Å². The average Bonchev–Trinajstić information content (AvgIpc) is 3.15. The van der Waals surface area contributed by atoms with Crippen molar-refractivity contribution < 1.29 is 10.2 Å². The van der Waals surface area contributed by atoms with Crippen LogP contribution in [-0.2, 0) is 6.42 Å². The first kappa shape index (κ1) is 20.8. The van der Waals surface area contributed by atoms with Crippen LogP contribution in [0.1, 0.15) is 22.5 Å². The zero-order valence-corrected chi connectivity index (χ0v) is 18.5. The van der Waals surface area contributed by atoms with Crippen LogP contribution in [0.15, 0.2) is 101 Å². The Morgan fingerprint density at radius 2 is 1.48 bits per heavy atom. The molecular formula is C27H21N3O2S. The van der Waals surface area contributed by atoms with Gasteiger partial charge < -0.3 is 10.2 Å². The maximum Gasteiger partial charge on any atom is 0.219 e. The van der Waals surface area contributed by atoms with Gasteiger partial charge in [-0.2, -0.15) is 0 Å². The summed E-state index contributed by atoms with van der Waals surface area (Å²) < 4.78 is 1.70. The van der Waals surface area contributed by atoms with E-state index in [-0.39, 0.29) is 11.6 Å². The molecule has 0 radical (unpaired) electrons. The van der Waals surface area contributed by atoms with E-state index in [2.05, 4.69) is 0 Å². The molecule has 2 N–H and O–H groups in total. The highest BCUT2D eigenvalue weighted by Gasteiger charge is 2.17. The number of hydrogen-bond donors (Lipinski definition) is 2. The van der Waals surface area contributed by atoms with Crippen LogP contribution in [-0.4, -0.2) is 24.6 Å². The fourth-order valence-electron chi connectivity index (χ4n) is 3.50. The second kappa shape index (κ2) is 9.22. The first-order chi connectivity index (χ1) is 16.2. The van der Waals surface area contributed by atoms with Crippen LogP contribution in [0.25, 0.3) is 17.8 Å². The van der Waals surface area contributed by atoms with Gasteiger partial charge in [0, 0.05) is 17.5 Å². The Morgan fingerprint density at radius 3 is 2.21 bits per heavy atom. The molecule has 5 rings (SSSR count). The summed E-state index contributed by atoms with van der Waals surface area (Å²) in [6, 6.07) is 26.9. The third kappa shape index (κ3) is 4.76. The number of imidazole rings is 1. The van der Waals surface area contributed by atoms with Gasteiger partial charge in [0.2, 0.25) is 5.88 Å². The Bertz CT molecular complexity index is 1410. The molecular weight excluding hydrogens is 430 g/mol. The summed E-state index contributed by atoms with van der Waals surface area (Å²) in [6.07, 6.45) is 6.13. The van der Waals surface area contributed by atoms with Crippen LogP contribution >= 0.6 is 11.8 Å². The largest absolute Gasteiger partial charge is 0.508 e. The molecule has 0 saturated carbocycles. The number of phenols is 1. The number of aromatic hydroxyl groups is 2. The van der Waals surface area contributed by atoms with Gasteiger partial charge >= 0.3 is 0 Å². The van der Waals surface area contributed by atoms with Crippen LogP contribution in [0, 0.1) is 0 Å². The molecule has 0 aliphatic heterocycles. The fraction of sp³-hybridized carbons (Fsp3) is 0.0370. The number of nitrogens with zero attached hydrogens (tertiary/aromatic N) is 3. The summed E-state index contributed by atoms with van der Waals surface area (Å²) >= 11 is 1.51. The minimum absolute atomic E-state index is 0.116. The lowest BCUT2D eigenvalue weighted by Crippen LogP contribution is -1.94. The quantitative estimate of drug-likeness (QED) is 0.329. The van der Waals surface area contributed by atoms with Crippen molar-refractivity contribution in [1.82, 2.24) is 14.4 Å². The zero-order valence-electron chi connectivity index (χ0n) is 17.7. The third-order valence-corrected chi connectivity index (χ3v) is 6.13.